The van der Waals surface area contributed by atoms with Crippen LogP contribution in [0.25, 0.3) is 22.3 Å². The van der Waals surface area contributed by atoms with Crippen molar-refractivity contribution in [1.82, 2.24) is 15.0 Å². The molecule has 2 heterocycles. The molecule has 0 saturated heterocycles. The maximum atomic E-state index is 14.8. The van der Waals surface area contributed by atoms with Gasteiger partial charge in [-0.3, -0.25) is 4.98 Å². The van der Waals surface area contributed by atoms with Gasteiger partial charge in [-0.05, 0) is 24.3 Å². The highest BCUT2D eigenvalue weighted by Crippen LogP contribution is 2.35. The third kappa shape index (κ3) is 4.15. The van der Waals surface area contributed by atoms with Gasteiger partial charge in [0.15, 0.2) is 23.1 Å². The number of anilines is 1. The maximum absolute atomic E-state index is 14.8. The van der Waals surface area contributed by atoms with Crippen molar-refractivity contribution >= 4 is 45.9 Å². The molecule has 4 rings (SSSR count). The fraction of sp³-hybridized carbons (Fsp3) is 0.0909. The van der Waals surface area contributed by atoms with Crippen LogP contribution in [0.4, 0.5) is 10.2 Å². The summed E-state index contributed by atoms with van der Waals surface area (Å²) in [6.45, 7) is -0.0740. The van der Waals surface area contributed by atoms with Crippen LogP contribution in [0.2, 0.25) is 10.0 Å². The maximum Gasteiger partial charge on any atom is 0.359 e. The molecule has 0 amide bonds. The Bertz CT molecular complexity index is 1350. The Morgan fingerprint density at radius 2 is 1.94 bits per heavy atom. The van der Waals surface area contributed by atoms with Gasteiger partial charge in [0.2, 0.25) is 0 Å². The number of hydrogen-bond acceptors (Lipinski definition) is 7. The van der Waals surface area contributed by atoms with Gasteiger partial charge in [-0.15, -0.1) is 0 Å². The van der Waals surface area contributed by atoms with Crippen LogP contribution in [0.3, 0.4) is 0 Å². The topological polar surface area (TPSA) is 100 Å². The minimum absolute atomic E-state index is 0.0672. The second kappa shape index (κ2) is 8.94. The zero-order valence-corrected chi connectivity index (χ0v) is 18.1. The van der Waals surface area contributed by atoms with E-state index in [1.54, 1.807) is 6.20 Å². The fourth-order valence-corrected chi connectivity index (χ4v) is 3.41. The Morgan fingerprint density at radius 3 is 2.72 bits per heavy atom. The first-order valence-electron chi connectivity index (χ1n) is 9.25. The highest BCUT2D eigenvalue weighted by molar-refractivity contribution is 6.35. The molecule has 2 N–H and O–H groups in total. The first-order chi connectivity index (χ1) is 15.4. The number of benzene rings is 2. The van der Waals surface area contributed by atoms with Gasteiger partial charge in [0.05, 0.1) is 23.2 Å². The molecular weight excluding hydrogens is 458 g/mol. The van der Waals surface area contributed by atoms with Crippen molar-refractivity contribution < 1.29 is 18.7 Å². The van der Waals surface area contributed by atoms with Gasteiger partial charge in [-0.25, -0.2) is 19.2 Å². The number of ether oxygens (including phenoxy) is 2. The largest absolute Gasteiger partial charge is 0.492 e. The summed E-state index contributed by atoms with van der Waals surface area (Å²) in [6, 6.07) is 12.2. The predicted octanol–water partition coefficient (Wildman–Crippen LogP) is 5.09. The Hall–Kier alpha value is -3.49. The summed E-state index contributed by atoms with van der Waals surface area (Å²) in [7, 11) is 1.27. The molecule has 0 spiro atoms. The summed E-state index contributed by atoms with van der Waals surface area (Å²) >= 11 is 12.1. The van der Waals surface area contributed by atoms with Crippen LogP contribution in [0.1, 0.15) is 16.1 Å². The molecule has 10 heteroatoms. The normalized spacial score (nSPS) is 10.9. The zero-order chi connectivity index (χ0) is 22.8. The predicted molar refractivity (Wildman–Crippen MR) is 119 cm³/mol. The van der Waals surface area contributed by atoms with E-state index in [1.165, 1.54) is 19.2 Å². The lowest BCUT2D eigenvalue weighted by Crippen LogP contribution is -2.12. The van der Waals surface area contributed by atoms with Crippen molar-refractivity contribution in [3.63, 3.8) is 0 Å². The van der Waals surface area contributed by atoms with Crippen LogP contribution in [-0.4, -0.2) is 28.0 Å². The van der Waals surface area contributed by atoms with Gasteiger partial charge in [0, 0.05) is 17.1 Å². The number of carbonyl (C=O) groups is 1. The average Bonchev–Trinajstić information content (AvgIpc) is 2.79. The number of nitrogens with two attached hydrogens (primary N) is 1. The van der Waals surface area contributed by atoms with Crippen LogP contribution < -0.4 is 10.5 Å². The molecule has 0 bridgehead atoms. The van der Waals surface area contributed by atoms with E-state index in [-0.39, 0.29) is 45.3 Å². The smallest absolute Gasteiger partial charge is 0.359 e. The van der Waals surface area contributed by atoms with E-state index in [4.69, 9.17) is 38.4 Å². The third-order valence-electron chi connectivity index (χ3n) is 4.58. The average molecular weight is 473 g/mol. The Balaban J connectivity index is 1.63. The summed E-state index contributed by atoms with van der Waals surface area (Å²) in [6.07, 6.45) is 1.60. The molecule has 0 aliphatic heterocycles. The van der Waals surface area contributed by atoms with E-state index >= 15 is 0 Å². The summed E-state index contributed by atoms with van der Waals surface area (Å²) in [5.41, 5.74) is 6.96. The monoisotopic (exact) mass is 472 g/mol. The minimum Gasteiger partial charge on any atom is -0.492 e. The molecule has 4 aromatic rings. The summed E-state index contributed by atoms with van der Waals surface area (Å²) in [5.74, 6) is -2.21. The lowest BCUT2D eigenvalue weighted by Gasteiger charge is -2.11. The molecule has 0 atom stereocenters. The van der Waals surface area contributed by atoms with Crippen molar-refractivity contribution in [2.45, 2.75) is 6.61 Å². The van der Waals surface area contributed by atoms with Crippen molar-refractivity contribution in [1.29, 1.82) is 0 Å². The third-order valence-corrected chi connectivity index (χ3v) is 5.25. The standard InChI is InChI=1S/C22H15Cl2FN4O3/c1-31-19-14(23)7-6-13(17(19)25)21-28-18(16(24)20(26)29-21)22(30)32-10-11-8-12-4-2-3-5-15(12)27-9-11/h2-9H,10H2,1H3,(H2,26,28,29). The number of esters is 1. The SMILES string of the molecule is COc1c(Cl)ccc(-c2nc(N)c(Cl)c(C(=O)OCc3cnc4ccccc4c3)n2)c1F. The van der Waals surface area contributed by atoms with Crippen LogP contribution in [0.5, 0.6) is 5.75 Å². The number of methoxy groups -OCH3 is 1. The van der Waals surface area contributed by atoms with E-state index in [0.717, 1.165) is 10.9 Å². The van der Waals surface area contributed by atoms with Crippen LogP contribution in [0.15, 0.2) is 48.7 Å². The molecule has 0 aliphatic rings. The molecule has 0 fully saturated rings. The lowest BCUT2D eigenvalue weighted by molar-refractivity contribution is 0.0466. The quantitative estimate of drug-likeness (QED) is 0.403. The second-order valence-corrected chi connectivity index (χ2v) is 7.43. The second-order valence-electron chi connectivity index (χ2n) is 6.65. The number of nitrogen functional groups attached to an aromatic ring is 1. The van der Waals surface area contributed by atoms with E-state index in [1.807, 2.05) is 30.3 Å². The van der Waals surface area contributed by atoms with Gasteiger partial charge in [-0.2, -0.15) is 0 Å². The van der Waals surface area contributed by atoms with Gasteiger partial charge in [-0.1, -0.05) is 41.4 Å². The molecular formula is C22H15Cl2FN4O3. The van der Waals surface area contributed by atoms with Crippen molar-refractivity contribution in [2.24, 2.45) is 0 Å². The molecule has 2 aromatic heterocycles. The molecule has 0 aliphatic carbocycles. The van der Waals surface area contributed by atoms with E-state index in [9.17, 15) is 9.18 Å². The Kier molecular flexibility index (Phi) is 6.07. The number of halogens is 3. The Labute approximate surface area is 191 Å². The van der Waals surface area contributed by atoms with Gasteiger partial charge in [0.25, 0.3) is 0 Å². The first-order valence-corrected chi connectivity index (χ1v) is 10.0. The van der Waals surface area contributed by atoms with Gasteiger partial charge < -0.3 is 15.2 Å². The molecule has 7 nitrogen and oxygen atoms in total. The van der Waals surface area contributed by atoms with E-state index in [2.05, 4.69) is 15.0 Å². The number of fused-ring (bicyclic) bond motifs is 1. The van der Waals surface area contributed by atoms with E-state index < -0.39 is 11.8 Å². The number of pyridine rings is 1. The summed E-state index contributed by atoms with van der Waals surface area (Å²) < 4.78 is 25.1. The highest BCUT2D eigenvalue weighted by atomic mass is 35.5. The number of para-hydroxylation sites is 1. The van der Waals surface area contributed by atoms with E-state index in [0.29, 0.717) is 5.56 Å². The molecule has 2 aromatic carbocycles. The minimum atomic E-state index is -0.847. The fourth-order valence-electron chi connectivity index (χ4n) is 3.03. The van der Waals surface area contributed by atoms with Crippen LogP contribution in [0, 0.1) is 5.82 Å². The number of rotatable bonds is 5. The number of aromatic nitrogens is 3. The van der Waals surface area contributed by atoms with Gasteiger partial charge >= 0.3 is 5.97 Å². The van der Waals surface area contributed by atoms with Crippen molar-refractivity contribution in [2.75, 3.05) is 12.8 Å². The molecule has 0 radical (unpaired) electrons. The molecule has 0 unspecified atom stereocenters. The summed E-state index contributed by atoms with van der Waals surface area (Å²) in [5, 5.41) is 0.774. The van der Waals surface area contributed by atoms with Crippen molar-refractivity contribution in [3.8, 4) is 17.1 Å². The first kappa shape index (κ1) is 21.7. The molecule has 0 saturated carbocycles. The Morgan fingerprint density at radius 1 is 1.16 bits per heavy atom. The highest BCUT2D eigenvalue weighted by Gasteiger charge is 2.23. The number of carbonyl (C=O) groups excluding carboxylic acids is 1. The molecule has 32 heavy (non-hydrogen) atoms. The number of hydrogen-bond donors (Lipinski definition) is 1. The zero-order valence-electron chi connectivity index (χ0n) is 16.6. The molecule has 162 valence electrons. The summed E-state index contributed by atoms with van der Waals surface area (Å²) in [4.78, 5) is 25.1. The van der Waals surface area contributed by atoms with Crippen LogP contribution >= 0.6 is 23.2 Å². The van der Waals surface area contributed by atoms with Crippen molar-refractivity contribution in [3.05, 3.63) is 75.8 Å². The van der Waals surface area contributed by atoms with Gasteiger partial charge in [0.1, 0.15) is 17.4 Å². The van der Waals surface area contributed by atoms with Crippen LogP contribution in [-0.2, 0) is 11.3 Å². The number of nitrogens with zero attached hydrogens (tertiary/aromatic N) is 3. The lowest BCUT2D eigenvalue weighted by atomic mass is 10.1.